The van der Waals surface area contributed by atoms with Crippen molar-refractivity contribution in [3.8, 4) is 0 Å². The average molecular weight is 228 g/mol. The fraction of sp³-hybridized carbons (Fsp3) is 0.333. The summed E-state index contributed by atoms with van der Waals surface area (Å²) in [6, 6.07) is 3.06. The number of hydrogen-bond donors (Lipinski definition) is 2. The maximum absolute atomic E-state index is 10.8. The largest absolute Gasteiger partial charge is 0.477 e. The van der Waals surface area contributed by atoms with Gasteiger partial charge in [0.05, 0.1) is 11.9 Å². The van der Waals surface area contributed by atoms with Crippen LogP contribution in [-0.4, -0.2) is 38.8 Å². The van der Waals surface area contributed by atoms with Crippen LogP contribution < -0.4 is 5.32 Å². The molecule has 0 radical (unpaired) electrons. The molecule has 1 heterocycles. The van der Waals surface area contributed by atoms with E-state index in [1.165, 1.54) is 12.3 Å². The normalized spacial score (nSPS) is 12.1. The zero-order valence-corrected chi connectivity index (χ0v) is 9.08. The van der Waals surface area contributed by atoms with Crippen LogP contribution in [0, 0.1) is 0 Å². The molecule has 0 bridgehead atoms. The Morgan fingerprint density at radius 3 is 2.80 bits per heavy atom. The Bertz CT molecular complexity index is 364. The van der Waals surface area contributed by atoms with Gasteiger partial charge < -0.3 is 10.4 Å². The van der Waals surface area contributed by atoms with Crippen LogP contribution in [-0.2, 0) is 10.8 Å². The molecule has 1 unspecified atom stereocenters. The lowest BCUT2D eigenvalue weighted by atomic mass is 10.3. The topological polar surface area (TPSA) is 79.3 Å². The molecule has 0 aliphatic carbocycles. The highest BCUT2D eigenvalue weighted by Gasteiger charge is 2.02. The molecule has 0 aliphatic rings. The molecule has 0 saturated heterocycles. The van der Waals surface area contributed by atoms with Gasteiger partial charge in [-0.1, -0.05) is 0 Å². The summed E-state index contributed by atoms with van der Waals surface area (Å²) in [5, 5.41) is 11.6. The summed E-state index contributed by atoms with van der Waals surface area (Å²) in [6.07, 6.45) is 3.08. The Labute approximate surface area is 90.0 Å². The number of nitrogens with zero attached hydrogens (tertiary/aromatic N) is 1. The second-order valence-electron chi connectivity index (χ2n) is 2.94. The molecule has 0 amide bonds. The Hall–Kier alpha value is -1.43. The SMILES string of the molecule is CS(=O)CCNc1ccc(C(=O)O)nc1. The summed E-state index contributed by atoms with van der Waals surface area (Å²) >= 11 is 0. The van der Waals surface area contributed by atoms with Gasteiger partial charge in [0.25, 0.3) is 0 Å². The number of nitrogens with one attached hydrogen (secondary N) is 1. The summed E-state index contributed by atoms with van der Waals surface area (Å²) in [5.74, 6) is -0.489. The van der Waals surface area contributed by atoms with Crippen LogP contribution in [0.1, 0.15) is 10.5 Å². The number of pyridine rings is 1. The lowest BCUT2D eigenvalue weighted by Gasteiger charge is -2.04. The highest BCUT2D eigenvalue weighted by Crippen LogP contribution is 2.05. The average Bonchev–Trinajstić information content (AvgIpc) is 2.18. The number of rotatable bonds is 5. The third-order valence-electron chi connectivity index (χ3n) is 1.70. The smallest absolute Gasteiger partial charge is 0.354 e. The molecule has 1 aromatic heterocycles. The predicted octanol–water partition coefficient (Wildman–Crippen LogP) is 0.570. The Kier molecular flexibility index (Phi) is 4.23. The third kappa shape index (κ3) is 4.07. The minimum absolute atomic E-state index is 0.0135. The van der Waals surface area contributed by atoms with Gasteiger partial charge in [-0.05, 0) is 12.1 Å². The van der Waals surface area contributed by atoms with Crippen LogP contribution in [0.25, 0.3) is 0 Å². The summed E-state index contributed by atoms with van der Waals surface area (Å²) in [4.78, 5) is 14.2. The molecule has 82 valence electrons. The quantitative estimate of drug-likeness (QED) is 0.770. The minimum Gasteiger partial charge on any atom is -0.477 e. The fourth-order valence-corrected chi connectivity index (χ4v) is 1.35. The second-order valence-corrected chi connectivity index (χ2v) is 4.50. The van der Waals surface area contributed by atoms with Crippen molar-refractivity contribution in [2.24, 2.45) is 0 Å². The lowest BCUT2D eigenvalue weighted by molar-refractivity contribution is 0.0690. The zero-order chi connectivity index (χ0) is 11.3. The Balaban J connectivity index is 2.50. The highest BCUT2D eigenvalue weighted by atomic mass is 32.2. The van der Waals surface area contributed by atoms with Crippen molar-refractivity contribution < 1.29 is 14.1 Å². The van der Waals surface area contributed by atoms with Crippen molar-refractivity contribution in [3.05, 3.63) is 24.0 Å². The van der Waals surface area contributed by atoms with Crippen molar-refractivity contribution in [1.82, 2.24) is 4.98 Å². The number of carboxylic acids is 1. The highest BCUT2D eigenvalue weighted by molar-refractivity contribution is 7.84. The van der Waals surface area contributed by atoms with Crippen LogP contribution in [0.4, 0.5) is 5.69 Å². The number of carboxylic acid groups (broad SMARTS) is 1. The van der Waals surface area contributed by atoms with Crippen molar-refractivity contribution in [2.75, 3.05) is 23.9 Å². The molecule has 1 aromatic rings. The Morgan fingerprint density at radius 1 is 1.60 bits per heavy atom. The summed E-state index contributed by atoms with van der Waals surface area (Å²) in [6.45, 7) is 0.581. The number of aromatic carboxylic acids is 1. The zero-order valence-electron chi connectivity index (χ0n) is 8.27. The standard InChI is InChI=1S/C9H12N2O3S/c1-15(14)5-4-10-7-2-3-8(9(12)13)11-6-7/h2-3,6,10H,4-5H2,1H3,(H,12,13). The van der Waals surface area contributed by atoms with E-state index < -0.39 is 16.8 Å². The van der Waals surface area contributed by atoms with Crippen molar-refractivity contribution >= 4 is 22.5 Å². The minimum atomic E-state index is -1.05. The van der Waals surface area contributed by atoms with Crippen LogP contribution in [0.2, 0.25) is 0 Å². The van der Waals surface area contributed by atoms with Crippen molar-refractivity contribution in [1.29, 1.82) is 0 Å². The first-order valence-corrected chi connectivity index (χ1v) is 6.05. The summed E-state index contributed by atoms with van der Waals surface area (Å²) < 4.78 is 10.8. The molecule has 1 atom stereocenters. The van der Waals surface area contributed by atoms with Gasteiger partial charge in [-0.15, -0.1) is 0 Å². The van der Waals surface area contributed by atoms with Crippen LogP contribution in [0.5, 0.6) is 0 Å². The van der Waals surface area contributed by atoms with Crippen LogP contribution in [0.15, 0.2) is 18.3 Å². The molecule has 2 N–H and O–H groups in total. The third-order valence-corrected chi connectivity index (χ3v) is 2.48. The monoisotopic (exact) mass is 228 g/mol. The van der Waals surface area contributed by atoms with Gasteiger partial charge in [-0.2, -0.15) is 0 Å². The molecule has 15 heavy (non-hydrogen) atoms. The van der Waals surface area contributed by atoms with E-state index in [4.69, 9.17) is 5.11 Å². The molecule has 0 aromatic carbocycles. The van der Waals surface area contributed by atoms with Gasteiger partial charge >= 0.3 is 5.97 Å². The number of anilines is 1. The van der Waals surface area contributed by atoms with E-state index in [0.29, 0.717) is 12.3 Å². The van der Waals surface area contributed by atoms with Crippen molar-refractivity contribution in [3.63, 3.8) is 0 Å². The molecule has 1 rings (SSSR count). The first kappa shape index (κ1) is 11.6. The molecule has 0 saturated carbocycles. The predicted molar refractivity (Wildman–Crippen MR) is 58.6 cm³/mol. The van der Waals surface area contributed by atoms with E-state index in [1.54, 1.807) is 12.3 Å². The van der Waals surface area contributed by atoms with Gasteiger partial charge in [0.15, 0.2) is 0 Å². The van der Waals surface area contributed by atoms with E-state index in [2.05, 4.69) is 10.3 Å². The van der Waals surface area contributed by atoms with Crippen molar-refractivity contribution in [2.45, 2.75) is 0 Å². The summed E-state index contributed by atoms with van der Waals surface area (Å²) in [5.41, 5.74) is 0.741. The first-order chi connectivity index (χ1) is 7.09. The lowest BCUT2D eigenvalue weighted by Crippen LogP contribution is -2.10. The van der Waals surface area contributed by atoms with E-state index in [9.17, 15) is 9.00 Å². The molecule has 0 aliphatic heterocycles. The van der Waals surface area contributed by atoms with E-state index in [-0.39, 0.29) is 5.69 Å². The molecule has 5 nitrogen and oxygen atoms in total. The first-order valence-electron chi connectivity index (χ1n) is 4.33. The second kappa shape index (κ2) is 5.45. The van der Waals surface area contributed by atoms with Gasteiger partial charge in [-0.3, -0.25) is 4.21 Å². The molecule has 0 fully saturated rings. The maximum Gasteiger partial charge on any atom is 0.354 e. The van der Waals surface area contributed by atoms with E-state index in [1.807, 2.05) is 0 Å². The Morgan fingerprint density at radius 2 is 2.33 bits per heavy atom. The van der Waals surface area contributed by atoms with E-state index >= 15 is 0 Å². The summed E-state index contributed by atoms with van der Waals surface area (Å²) in [7, 11) is -0.828. The van der Waals surface area contributed by atoms with Crippen LogP contribution >= 0.6 is 0 Å². The van der Waals surface area contributed by atoms with Gasteiger partial charge in [0.2, 0.25) is 0 Å². The number of aromatic nitrogens is 1. The van der Waals surface area contributed by atoms with Gasteiger partial charge in [0, 0.05) is 29.4 Å². The molecule has 6 heteroatoms. The van der Waals surface area contributed by atoms with Gasteiger partial charge in [0.1, 0.15) is 5.69 Å². The molecule has 0 spiro atoms. The maximum atomic E-state index is 10.8. The van der Waals surface area contributed by atoms with Crippen LogP contribution in [0.3, 0.4) is 0 Å². The number of hydrogen-bond acceptors (Lipinski definition) is 4. The molecular formula is C9H12N2O3S. The van der Waals surface area contributed by atoms with E-state index in [0.717, 1.165) is 5.69 Å². The molecular weight excluding hydrogens is 216 g/mol. The fourth-order valence-electron chi connectivity index (χ4n) is 0.964. The number of carbonyl (C=O) groups is 1. The van der Waals surface area contributed by atoms with Gasteiger partial charge in [-0.25, -0.2) is 9.78 Å².